The van der Waals surface area contributed by atoms with Crippen molar-refractivity contribution < 1.29 is 19.7 Å². The first-order valence-corrected chi connectivity index (χ1v) is 7.17. The predicted octanol–water partition coefficient (Wildman–Crippen LogP) is 0.0593. The second-order valence-corrected chi connectivity index (χ2v) is 5.58. The van der Waals surface area contributed by atoms with Gasteiger partial charge >= 0.3 is 0 Å². The third-order valence-corrected chi connectivity index (χ3v) is 4.03. The summed E-state index contributed by atoms with van der Waals surface area (Å²) in [5.74, 6) is 0.354. The SMILES string of the molecule is CCOC[C@H]1O[C@@H](n2ccc3c(N)ncnc32)[C@](C)(O)[C@@H]1O. The molecule has 1 aliphatic heterocycles. The minimum absolute atomic E-state index is 0.209. The van der Waals surface area contributed by atoms with Crippen LogP contribution in [0.4, 0.5) is 5.82 Å². The molecule has 0 saturated carbocycles. The van der Waals surface area contributed by atoms with E-state index in [2.05, 4.69) is 9.97 Å². The summed E-state index contributed by atoms with van der Waals surface area (Å²) < 4.78 is 12.8. The topological polar surface area (TPSA) is 116 Å². The van der Waals surface area contributed by atoms with E-state index >= 15 is 0 Å². The van der Waals surface area contributed by atoms with Crippen LogP contribution in [-0.2, 0) is 9.47 Å². The van der Waals surface area contributed by atoms with E-state index in [1.54, 1.807) is 16.8 Å². The minimum atomic E-state index is -1.48. The lowest BCUT2D eigenvalue weighted by molar-refractivity contribution is -0.0959. The number of hydrogen-bond donors (Lipinski definition) is 3. The molecule has 22 heavy (non-hydrogen) atoms. The van der Waals surface area contributed by atoms with Crippen molar-refractivity contribution in [2.24, 2.45) is 0 Å². The molecule has 0 radical (unpaired) electrons. The number of rotatable bonds is 4. The Kier molecular flexibility index (Phi) is 3.77. The monoisotopic (exact) mass is 308 g/mol. The van der Waals surface area contributed by atoms with Gasteiger partial charge in [0.1, 0.15) is 35.6 Å². The zero-order valence-electron chi connectivity index (χ0n) is 12.5. The molecule has 0 bridgehead atoms. The Morgan fingerprint density at radius 1 is 1.50 bits per heavy atom. The molecule has 4 atom stereocenters. The molecule has 2 aromatic rings. The Morgan fingerprint density at radius 2 is 2.27 bits per heavy atom. The Labute approximate surface area is 127 Å². The lowest BCUT2D eigenvalue weighted by Crippen LogP contribution is -2.44. The quantitative estimate of drug-likeness (QED) is 0.731. The van der Waals surface area contributed by atoms with Crippen molar-refractivity contribution in [2.75, 3.05) is 18.9 Å². The number of nitrogens with zero attached hydrogens (tertiary/aromatic N) is 3. The van der Waals surface area contributed by atoms with Crippen LogP contribution in [-0.4, -0.2) is 55.8 Å². The van der Waals surface area contributed by atoms with Crippen LogP contribution in [0.1, 0.15) is 20.1 Å². The highest BCUT2D eigenvalue weighted by molar-refractivity contribution is 5.86. The molecule has 2 aromatic heterocycles. The van der Waals surface area contributed by atoms with Crippen LogP contribution in [0.5, 0.6) is 0 Å². The predicted molar refractivity (Wildman–Crippen MR) is 79.0 cm³/mol. The molecule has 120 valence electrons. The number of hydrogen-bond acceptors (Lipinski definition) is 7. The van der Waals surface area contributed by atoms with Gasteiger partial charge in [0.25, 0.3) is 0 Å². The molecule has 0 aliphatic carbocycles. The van der Waals surface area contributed by atoms with Crippen molar-refractivity contribution in [3.05, 3.63) is 18.6 Å². The number of ether oxygens (including phenoxy) is 2. The summed E-state index contributed by atoms with van der Waals surface area (Å²) in [5.41, 5.74) is 4.88. The van der Waals surface area contributed by atoms with E-state index in [0.717, 1.165) is 0 Å². The van der Waals surface area contributed by atoms with Gasteiger partial charge in [0.2, 0.25) is 0 Å². The average molecular weight is 308 g/mol. The van der Waals surface area contributed by atoms with Crippen molar-refractivity contribution >= 4 is 16.9 Å². The fourth-order valence-electron chi connectivity index (χ4n) is 2.79. The molecule has 8 heteroatoms. The molecule has 0 spiro atoms. The molecule has 0 unspecified atom stereocenters. The molecule has 8 nitrogen and oxygen atoms in total. The minimum Gasteiger partial charge on any atom is -0.387 e. The molecule has 3 rings (SSSR count). The fourth-order valence-corrected chi connectivity index (χ4v) is 2.79. The summed E-state index contributed by atoms with van der Waals surface area (Å²) in [5, 5.41) is 21.7. The number of aliphatic hydroxyl groups is 2. The molecule has 3 heterocycles. The van der Waals surface area contributed by atoms with Crippen LogP contribution in [0.15, 0.2) is 18.6 Å². The van der Waals surface area contributed by atoms with Crippen molar-refractivity contribution in [3.63, 3.8) is 0 Å². The van der Waals surface area contributed by atoms with Crippen LogP contribution in [0, 0.1) is 0 Å². The number of nitrogen functional groups attached to an aromatic ring is 1. The second-order valence-electron chi connectivity index (χ2n) is 5.58. The van der Waals surface area contributed by atoms with E-state index in [1.807, 2.05) is 6.92 Å². The van der Waals surface area contributed by atoms with Gasteiger partial charge in [-0.3, -0.25) is 0 Å². The lowest BCUT2D eigenvalue weighted by Gasteiger charge is -2.27. The van der Waals surface area contributed by atoms with Crippen molar-refractivity contribution in [3.8, 4) is 0 Å². The largest absolute Gasteiger partial charge is 0.387 e. The third kappa shape index (κ3) is 2.24. The number of anilines is 1. The van der Waals surface area contributed by atoms with E-state index in [-0.39, 0.29) is 6.61 Å². The zero-order valence-corrected chi connectivity index (χ0v) is 12.5. The Hall–Kier alpha value is -1.74. The molecule has 0 aromatic carbocycles. The average Bonchev–Trinajstić information content (AvgIpc) is 3.00. The van der Waals surface area contributed by atoms with Gasteiger partial charge in [-0.15, -0.1) is 0 Å². The number of nitrogens with two attached hydrogens (primary N) is 1. The second kappa shape index (κ2) is 5.47. The first-order chi connectivity index (χ1) is 10.5. The van der Waals surface area contributed by atoms with Crippen LogP contribution in [0.3, 0.4) is 0 Å². The lowest BCUT2D eigenvalue weighted by atomic mass is 9.96. The zero-order chi connectivity index (χ0) is 15.9. The highest BCUT2D eigenvalue weighted by atomic mass is 16.6. The Bertz CT molecular complexity index is 672. The van der Waals surface area contributed by atoms with Crippen molar-refractivity contribution in [1.82, 2.24) is 14.5 Å². The van der Waals surface area contributed by atoms with Gasteiger partial charge < -0.3 is 30.0 Å². The van der Waals surface area contributed by atoms with Gasteiger partial charge in [0.15, 0.2) is 6.23 Å². The Balaban J connectivity index is 1.97. The maximum atomic E-state index is 10.7. The van der Waals surface area contributed by atoms with Crippen LogP contribution in [0.25, 0.3) is 11.0 Å². The van der Waals surface area contributed by atoms with E-state index in [0.29, 0.717) is 23.5 Å². The van der Waals surface area contributed by atoms with Gasteiger partial charge in [-0.1, -0.05) is 0 Å². The van der Waals surface area contributed by atoms with E-state index in [4.69, 9.17) is 15.2 Å². The van der Waals surface area contributed by atoms with Gasteiger partial charge in [-0.2, -0.15) is 0 Å². The molecule has 1 fully saturated rings. The summed E-state index contributed by atoms with van der Waals surface area (Å²) in [6.07, 6.45) is 0.591. The summed E-state index contributed by atoms with van der Waals surface area (Å²) >= 11 is 0. The van der Waals surface area contributed by atoms with Crippen LogP contribution < -0.4 is 5.73 Å². The van der Waals surface area contributed by atoms with Gasteiger partial charge in [-0.25, -0.2) is 9.97 Å². The first kappa shape index (κ1) is 15.2. The smallest absolute Gasteiger partial charge is 0.167 e. The first-order valence-electron chi connectivity index (χ1n) is 7.17. The number of aromatic nitrogens is 3. The number of fused-ring (bicyclic) bond motifs is 1. The van der Waals surface area contributed by atoms with E-state index in [9.17, 15) is 10.2 Å². The van der Waals surface area contributed by atoms with Gasteiger partial charge in [-0.05, 0) is 19.9 Å². The highest BCUT2D eigenvalue weighted by Crippen LogP contribution is 2.40. The fraction of sp³-hybridized carbons (Fsp3) is 0.571. The normalized spacial score (nSPS) is 31.9. The Morgan fingerprint density at radius 3 is 3.00 bits per heavy atom. The maximum absolute atomic E-state index is 10.7. The highest BCUT2D eigenvalue weighted by Gasteiger charge is 2.53. The van der Waals surface area contributed by atoms with Gasteiger partial charge in [0, 0.05) is 12.8 Å². The summed E-state index contributed by atoms with van der Waals surface area (Å²) in [6, 6.07) is 1.76. The van der Waals surface area contributed by atoms with Crippen LogP contribution >= 0.6 is 0 Å². The molecular weight excluding hydrogens is 288 g/mol. The molecule has 1 saturated heterocycles. The molecule has 0 amide bonds. The standard InChI is InChI=1S/C14H20N4O4/c1-3-21-6-9-10(19)14(2,20)13(22-9)18-5-4-8-11(15)16-7-17-12(8)18/h4-5,7,9-10,13,19-20H,3,6H2,1-2H3,(H2,15,16,17)/t9-,10-,13-,14-/m1/s1. The molecule has 1 aliphatic rings. The molecular formula is C14H20N4O4. The third-order valence-electron chi connectivity index (χ3n) is 4.03. The van der Waals surface area contributed by atoms with E-state index in [1.165, 1.54) is 13.3 Å². The van der Waals surface area contributed by atoms with Crippen LogP contribution in [0.2, 0.25) is 0 Å². The maximum Gasteiger partial charge on any atom is 0.167 e. The van der Waals surface area contributed by atoms with Gasteiger partial charge in [0.05, 0.1) is 12.0 Å². The molecule has 4 N–H and O–H groups in total. The summed E-state index contributed by atoms with van der Waals surface area (Å²) in [6.45, 7) is 4.11. The van der Waals surface area contributed by atoms with Crippen molar-refractivity contribution in [1.29, 1.82) is 0 Å². The summed E-state index contributed by atoms with van der Waals surface area (Å²) in [4.78, 5) is 8.13. The summed E-state index contributed by atoms with van der Waals surface area (Å²) in [7, 11) is 0. The van der Waals surface area contributed by atoms with Crippen molar-refractivity contribution in [2.45, 2.75) is 37.9 Å². The number of aliphatic hydroxyl groups excluding tert-OH is 1. The van der Waals surface area contributed by atoms with E-state index < -0.39 is 24.0 Å².